The molecule has 3 aromatic rings. The number of nitrogens with one attached hydrogen (secondary N) is 1. The minimum Gasteiger partial charge on any atom is -0.302 e. The van der Waals surface area contributed by atoms with E-state index in [-0.39, 0.29) is 11.7 Å². The molecule has 0 aliphatic rings. The van der Waals surface area contributed by atoms with Gasteiger partial charge in [-0.15, -0.1) is 21.5 Å². The number of nitrogens with zero attached hydrogens (tertiary/aromatic N) is 4. The summed E-state index contributed by atoms with van der Waals surface area (Å²) in [7, 11) is 0. The van der Waals surface area contributed by atoms with E-state index in [0.717, 1.165) is 11.3 Å². The zero-order valence-electron chi connectivity index (χ0n) is 13.7. The zero-order chi connectivity index (χ0) is 17.8. The van der Waals surface area contributed by atoms with Gasteiger partial charge in [-0.05, 0) is 26.0 Å². The Morgan fingerprint density at radius 2 is 2.16 bits per heavy atom. The summed E-state index contributed by atoms with van der Waals surface area (Å²) in [5.74, 6) is 0.815. The van der Waals surface area contributed by atoms with Gasteiger partial charge in [-0.3, -0.25) is 4.79 Å². The molecule has 25 heavy (non-hydrogen) atoms. The van der Waals surface area contributed by atoms with Crippen LogP contribution in [0, 0.1) is 6.92 Å². The molecule has 2 heterocycles. The highest BCUT2D eigenvalue weighted by Gasteiger charge is 2.16. The first-order valence-corrected chi connectivity index (χ1v) is 9.85. The Balaban J connectivity index is 1.71. The van der Waals surface area contributed by atoms with Crippen LogP contribution in [0.2, 0.25) is 5.02 Å². The number of carbonyl (C=O) groups is 1. The van der Waals surface area contributed by atoms with Crippen LogP contribution in [0.1, 0.15) is 12.6 Å². The minimum absolute atomic E-state index is 0.121. The molecule has 0 saturated heterocycles. The highest BCUT2D eigenvalue weighted by molar-refractivity contribution is 7.99. The van der Waals surface area contributed by atoms with Crippen molar-refractivity contribution in [3.8, 4) is 11.4 Å². The fourth-order valence-corrected chi connectivity index (χ4v) is 3.95. The van der Waals surface area contributed by atoms with Crippen molar-refractivity contribution >= 4 is 45.7 Å². The first-order chi connectivity index (χ1) is 12.1. The predicted octanol–water partition coefficient (Wildman–Crippen LogP) is 4.11. The highest BCUT2D eigenvalue weighted by Crippen LogP contribution is 2.29. The number of aromatic nitrogens is 4. The molecule has 0 saturated carbocycles. The van der Waals surface area contributed by atoms with E-state index in [0.29, 0.717) is 27.7 Å². The van der Waals surface area contributed by atoms with Crippen molar-refractivity contribution in [3.05, 3.63) is 40.4 Å². The second kappa shape index (κ2) is 7.99. The van der Waals surface area contributed by atoms with E-state index in [4.69, 9.17) is 11.6 Å². The summed E-state index contributed by atoms with van der Waals surface area (Å²) in [6.45, 7) is 4.58. The van der Waals surface area contributed by atoms with E-state index in [1.165, 1.54) is 23.1 Å². The molecule has 1 N–H and O–H groups in total. The van der Waals surface area contributed by atoms with E-state index in [1.54, 1.807) is 0 Å². The maximum Gasteiger partial charge on any atom is 0.236 e. The average Bonchev–Trinajstić information content (AvgIpc) is 3.19. The fourth-order valence-electron chi connectivity index (χ4n) is 2.22. The van der Waals surface area contributed by atoms with Crippen LogP contribution >= 0.6 is 34.7 Å². The lowest BCUT2D eigenvalue weighted by Crippen LogP contribution is -2.14. The third-order valence-electron chi connectivity index (χ3n) is 3.35. The zero-order valence-corrected chi connectivity index (χ0v) is 16.1. The summed E-state index contributed by atoms with van der Waals surface area (Å²) < 4.78 is 1.95. The standard InChI is InChI=1S/C16H16ClN5OS2/c1-3-22-14(11-6-4-5-7-12(11)17)20-21-16(22)25-9-13(23)19-15-18-10(2)8-24-15/h4-8H,3,9H2,1-2H3,(H,18,19,23). The van der Waals surface area contributed by atoms with E-state index >= 15 is 0 Å². The van der Waals surface area contributed by atoms with Gasteiger partial charge in [0.15, 0.2) is 16.1 Å². The molecule has 0 aliphatic carbocycles. The fraction of sp³-hybridized carbons (Fsp3) is 0.250. The van der Waals surface area contributed by atoms with Crippen LogP contribution in [-0.4, -0.2) is 31.4 Å². The quantitative estimate of drug-likeness (QED) is 0.638. The van der Waals surface area contributed by atoms with Crippen molar-refractivity contribution in [1.29, 1.82) is 0 Å². The molecule has 0 bridgehead atoms. The van der Waals surface area contributed by atoms with Gasteiger partial charge in [0.25, 0.3) is 0 Å². The number of halogens is 1. The molecule has 0 spiro atoms. The van der Waals surface area contributed by atoms with Crippen molar-refractivity contribution in [2.24, 2.45) is 0 Å². The third kappa shape index (κ3) is 4.20. The molecule has 0 radical (unpaired) electrons. The SMILES string of the molecule is CCn1c(SCC(=O)Nc2nc(C)cs2)nnc1-c1ccccc1Cl. The number of hydrogen-bond acceptors (Lipinski definition) is 6. The number of hydrogen-bond donors (Lipinski definition) is 1. The Morgan fingerprint density at radius 1 is 1.36 bits per heavy atom. The van der Waals surface area contributed by atoms with Crippen molar-refractivity contribution < 1.29 is 4.79 Å². The second-order valence-corrected chi connectivity index (χ2v) is 7.37. The number of aryl methyl sites for hydroxylation is 1. The van der Waals surface area contributed by atoms with Crippen molar-refractivity contribution in [3.63, 3.8) is 0 Å². The molecule has 0 atom stereocenters. The Labute approximate surface area is 158 Å². The second-order valence-electron chi connectivity index (χ2n) is 5.16. The highest BCUT2D eigenvalue weighted by atomic mass is 35.5. The molecular weight excluding hydrogens is 378 g/mol. The molecule has 6 nitrogen and oxygen atoms in total. The largest absolute Gasteiger partial charge is 0.302 e. The Morgan fingerprint density at radius 3 is 2.84 bits per heavy atom. The molecule has 9 heteroatoms. The molecule has 0 unspecified atom stereocenters. The van der Waals surface area contributed by atoms with Gasteiger partial charge in [-0.25, -0.2) is 4.98 Å². The minimum atomic E-state index is -0.121. The maximum absolute atomic E-state index is 12.1. The number of anilines is 1. The lowest BCUT2D eigenvalue weighted by molar-refractivity contribution is -0.113. The molecule has 1 aromatic carbocycles. The predicted molar refractivity (Wildman–Crippen MR) is 102 cm³/mol. The van der Waals surface area contributed by atoms with E-state index in [1.807, 2.05) is 48.1 Å². The summed E-state index contributed by atoms with van der Waals surface area (Å²) in [5.41, 5.74) is 1.72. The molecule has 1 amide bonds. The maximum atomic E-state index is 12.1. The lowest BCUT2D eigenvalue weighted by Gasteiger charge is -2.08. The molecule has 2 aromatic heterocycles. The first kappa shape index (κ1) is 17.9. The van der Waals surface area contributed by atoms with Crippen molar-refractivity contribution in [1.82, 2.24) is 19.7 Å². The van der Waals surface area contributed by atoms with Crippen LogP contribution in [0.5, 0.6) is 0 Å². The molecular formula is C16H16ClN5OS2. The monoisotopic (exact) mass is 393 g/mol. The van der Waals surface area contributed by atoms with E-state index in [9.17, 15) is 4.79 Å². The van der Waals surface area contributed by atoms with Crippen LogP contribution in [0.25, 0.3) is 11.4 Å². The van der Waals surface area contributed by atoms with Gasteiger partial charge in [0.05, 0.1) is 16.5 Å². The summed E-state index contributed by atoms with van der Waals surface area (Å²) in [4.78, 5) is 16.3. The number of thiazole rings is 1. The number of rotatable bonds is 6. The molecule has 0 fully saturated rings. The normalized spacial score (nSPS) is 10.8. The van der Waals surface area contributed by atoms with Crippen LogP contribution < -0.4 is 5.32 Å². The molecule has 0 aliphatic heterocycles. The molecule has 130 valence electrons. The van der Waals surface area contributed by atoms with Gasteiger partial charge < -0.3 is 9.88 Å². The van der Waals surface area contributed by atoms with Crippen LogP contribution in [0.15, 0.2) is 34.8 Å². The van der Waals surface area contributed by atoms with Gasteiger partial charge in [0, 0.05) is 17.5 Å². The van der Waals surface area contributed by atoms with Crippen molar-refractivity contribution in [2.75, 3.05) is 11.1 Å². The number of benzene rings is 1. The van der Waals surface area contributed by atoms with Crippen LogP contribution in [0.3, 0.4) is 0 Å². The van der Waals surface area contributed by atoms with E-state index in [2.05, 4.69) is 20.5 Å². The summed E-state index contributed by atoms with van der Waals surface area (Å²) in [6.07, 6.45) is 0. The van der Waals surface area contributed by atoms with Crippen molar-refractivity contribution in [2.45, 2.75) is 25.5 Å². The van der Waals surface area contributed by atoms with Crippen LogP contribution in [-0.2, 0) is 11.3 Å². The van der Waals surface area contributed by atoms with Gasteiger partial charge in [0.1, 0.15) is 0 Å². The van der Waals surface area contributed by atoms with Gasteiger partial charge in [-0.1, -0.05) is 35.5 Å². The smallest absolute Gasteiger partial charge is 0.236 e. The lowest BCUT2D eigenvalue weighted by atomic mass is 10.2. The summed E-state index contributed by atoms with van der Waals surface area (Å²) in [5, 5.41) is 15.1. The number of carbonyl (C=O) groups excluding carboxylic acids is 1. The van der Waals surface area contributed by atoms with Crippen LogP contribution in [0.4, 0.5) is 5.13 Å². The Hall–Kier alpha value is -1.90. The molecule has 3 rings (SSSR count). The third-order valence-corrected chi connectivity index (χ3v) is 5.52. The van der Waals surface area contributed by atoms with E-state index < -0.39 is 0 Å². The Bertz CT molecular complexity index is 892. The van der Waals surface area contributed by atoms with Gasteiger partial charge >= 0.3 is 0 Å². The topological polar surface area (TPSA) is 72.7 Å². The average molecular weight is 394 g/mol. The summed E-state index contributed by atoms with van der Waals surface area (Å²) >= 11 is 9.01. The van der Waals surface area contributed by atoms with Gasteiger partial charge in [-0.2, -0.15) is 0 Å². The van der Waals surface area contributed by atoms with Gasteiger partial charge in [0.2, 0.25) is 5.91 Å². The number of thioether (sulfide) groups is 1. The summed E-state index contributed by atoms with van der Waals surface area (Å²) in [6, 6.07) is 7.51. The first-order valence-electron chi connectivity index (χ1n) is 7.61. The number of amides is 1. The Kier molecular flexibility index (Phi) is 5.72.